The number of nitrogens with zero attached hydrogens (tertiary/aromatic N) is 1. The van der Waals surface area contributed by atoms with Gasteiger partial charge in [0.2, 0.25) is 0 Å². The number of anilines is 1. The maximum absolute atomic E-state index is 12.5. The van der Waals surface area contributed by atoms with Crippen molar-refractivity contribution in [1.29, 1.82) is 0 Å². The van der Waals surface area contributed by atoms with Crippen molar-refractivity contribution in [3.8, 4) is 11.5 Å². The van der Waals surface area contributed by atoms with Crippen LogP contribution in [0.15, 0.2) is 35.0 Å². The average molecular weight is 416 g/mol. The zero-order valence-corrected chi connectivity index (χ0v) is 17.9. The van der Waals surface area contributed by atoms with Crippen LogP contribution >= 0.6 is 11.3 Å². The first kappa shape index (κ1) is 20.0. The molecular weight excluding hydrogens is 386 g/mol. The van der Waals surface area contributed by atoms with Gasteiger partial charge in [0.15, 0.2) is 11.5 Å². The van der Waals surface area contributed by atoms with E-state index in [1.807, 2.05) is 18.2 Å². The molecule has 0 bridgehead atoms. The number of fused-ring (bicyclic) bond motifs is 1. The number of hydrogen-bond donors (Lipinski definition) is 2. The van der Waals surface area contributed by atoms with E-state index in [1.54, 1.807) is 11.3 Å². The number of thiophene rings is 1. The second-order valence-electron chi connectivity index (χ2n) is 7.61. The molecule has 156 valence electrons. The summed E-state index contributed by atoms with van der Waals surface area (Å²) in [5, 5.41) is 10.2. The number of carbonyl (C=O) groups excluding carboxylic acids is 1. The van der Waals surface area contributed by atoms with E-state index in [4.69, 9.17) is 9.47 Å². The summed E-state index contributed by atoms with van der Waals surface area (Å²) in [5.74, 6) is 0.988. The van der Waals surface area contributed by atoms with Gasteiger partial charge in [0.1, 0.15) is 0 Å². The van der Waals surface area contributed by atoms with Gasteiger partial charge in [-0.3, -0.25) is 4.90 Å². The predicted octanol–water partition coefficient (Wildman–Crippen LogP) is 4.99. The molecule has 1 spiro atoms. The molecule has 1 fully saturated rings. The Morgan fingerprint density at radius 1 is 1.17 bits per heavy atom. The molecule has 1 aromatic carbocycles. The molecule has 1 aliphatic heterocycles. The van der Waals surface area contributed by atoms with Crippen LogP contribution in [0.1, 0.15) is 51.1 Å². The summed E-state index contributed by atoms with van der Waals surface area (Å²) in [6, 6.07) is 7.67. The SMILES string of the molecule is CCN(CC)[C@H](CNC(=O)Nc1ccc2c(c1)OC1(CCCC1)O2)c1ccsc1. The Balaban J connectivity index is 1.36. The van der Waals surface area contributed by atoms with Gasteiger partial charge in [-0.15, -0.1) is 0 Å². The van der Waals surface area contributed by atoms with Crippen molar-refractivity contribution in [3.05, 3.63) is 40.6 Å². The lowest BCUT2D eigenvalue weighted by atomic mass is 10.1. The fraction of sp³-hybridized carbons (Fsp3) is 0.500. The summed E-state index contributed by atoms with van der Waals surface area (Å²) >= 11 is 1.68. The van der Waals surface area contributed by atoms with Gasteiger partial charge in [-0.2, -0.15) is 11.3 Å². The van der Waals surface area contributed by atoms with Crippen LogP contribution in [0.4, 0.5) is 10.5 Å². The Hall–Kier alpha value is -2.25. The highest BCUT2D eigenvalue weighted by molar-refractivity contribution is 7.07. The molecule has 29 heavy (non-hydrogen) atoms. The Bertz CT molecular complexity index is 830. The molecule has 6 nitrogen and oxygen atoms in total. The van der Waals surface area contributed by atoms with Gasteiger partial charge < -0.3 is 20.1 Å². The molecule has 2 amide bonds. The molecule has 1 saturated carbocycles. The molecule has 1 aromatic heterocycles. The van der Waals surface area contributed by atoms with Crippen LogP contribution in [0.25, 0.3) is 0 Å². The number of urea groups is 1. The van der Waals surface area contributed by atoms with E-state index in [0.717, 1.165) is 44.5 Å². The Morgan fingerprint density at radius 2 is 1.93 bits per heavy atom. The molecule has 0 saturated heterocycles. The summed E-state index contributed by atoms with van der Waals surface area (Å²) in [6.07, 6.45) is 4.08. The summed E-state index contributed by atoms with van der Waals surface area (Å²) in [4.78, 5) is 14.9. The molecule has 2 aromatic rings. The van der Waals surface area contributed by atoms with Gasteiger partial charge >= 0.3 is 6.03 Å². The number of amides is 2. The van der Waals surface area contributed by atoms with E-state index in [0.29, 0.717) is 18.0 Å². The largest absolute Gasteiger partial charge is 0.448 e. The lowest BCUT2D eigenvalue weighted by Crippen LogP contribution is -2.39. The number of rotatable bonds is 7. The molecule has 7 heteroatoms. The van der Waals surface area contributed by atoms with Crippen molar-refractivity contribution >= 4 is 23.1 Å². The first-order chi connectivity index (χ1) is 14.1. The third kappa shape index (κ3) is 4.36. The highest BCUT2D eigenvalue weighted by Crippen LogP contribution is 2.47. The van der Waals surface area contributed by atoms with Crippen molar-refractivity contribution < 1.29 is 14.3 Å². The summed E-state index contributed by atoms with van der Waals surface area (Å²) in [5.41, 5.74) is 1.94. The summed E-state index contributed by atoms with van der Waals surface area (Å²) in [7, 11) is 0. The number of carbonyl (C=O) groups is 1. The van der Waals surface area contributed by atoms with Crippen molar-refractivity contribution in [2.45, 2.75) is 51.4 Å². The zero-order chi connectivity index (χ0) is 20.3. The molecule has 2 heterocycles. The molecule has 0 radical (unpaired) electrons. The standard InChI is InChI=1S/C22H29N3O3S/c1-3-25(4-2)18(16-9-12-29-15-16)14-23-21(26)24-17-7-8-19-20(13-17)28-22(27-19)10-5-6-11-22/h7-9,12-13,15,18H,3-6,10-11,14H2,1-2H3,(H2,23,24,26)/t18-/m1/s1. The number of hydrogen-bond acceptors (Lipinski definition) is 5. The first-order valence-corrected chi connectivity index (χ1v) is 11.4. The van der Waals surface area contributed by atoms with Crippen LogP contribution in [0.5, 0.6) is 11.5 Å². The number of ether oxygens (including phenoxy) is 2. The van der Waals surface area contributed by atoms with Crippen molar-refractivity contribution in [2.75, 3.05) is 25.0 Å². The molecule has 0 unspecified atom stereocenters. The normalized spacial score (nSPS) is 17.6. The minimum Gasteiger partial charge on any atom is -0.448 e. The second kappa shape index (κ2) is 8.63. The topological polar surface area (TPSA) is 62.8 Å². The van der Waals surface area contributed by atoms with Crippen LogP contribution in [0.3, 0.4) is 0 Å². The van der Waals surface area contributed by atoms with E-state index in [-0.39, 0.29) is 12.1 Å². The van der Waals surface area contributed by atoms with Gasteiger partial charge in [0.05, 0.1) is 6.04 Å². The number of likely N-dealkylation sites (N-methyl/N-ethyl adjacent to an activating group) is 1. The van der Waals surface area contributed by atoms with E-state index >= 15 is 0 Å². The van der Waals surface area contributed by atoms with Crippen LogP contribution in [-0.2, 0) is 0 Å². The van der Waals surface area contributed by atoms with Gasteiger partial charge in [-0.1, -0.05) is 13.8 Å². The summed E-state index contributed by atoms with van der Waals surface area (Å²) < 4.78 is 12.1. The van der Waals surface area contributed by atoms with E-state index in [9.17, 15) is 4.79 Å². The smallest absolute Gasteiger partial charge is 0.319 e. The minimum atomic E-state index is -0.485. The molecule has 1 aliphatic carbocycles. The zero-order valence-electron chi connectivity index (χ0n) is 17.1. The second-order valence-corrected chi connectivity index (χ2v) is 8.39. The predicted molar refractivity (Wildman–Crippen MR) is 116 cm³/mol. The third-order valence-corrected chi connectivity index (χ3v) is 6.50. The van der Waals surface area contributed by atoms with Crippen LogP contribution in [0.2, 0.25) is 0 Å². The molecule has 1 atom stereocenters. The van der Waals surface area contributed by atoms with Crippen LogP contribution in [-0.4, -0.2) is 36.4 Å². The lowest BCUT2D eigenvalue weighted by Gasteiger charge is -2.29. The monoisotopic (exact) mass is 415 g/mol. The average Bonchev–Trinajstić information content (AvgIpc) is 3.46. The Morgan fingerprint density at radius 3 is 2.62 bits per heavy atom. The Kier molecular flexibility index (Phi) is 5.96. The Labute approximate surface area is 176 Å². The lowest BCUT2D eigenvalue weighted by molar-refractivity contribution is -0.0716. The van der Waals surface area contributed by atoms with Crippen LogP contribution in [0, 0.1) is 0 Å². The van der Waals surface area contributed by atoms with Crippen molar-refractivity contribution in [3.63, 3.8) is 0 Å². The molecule has 2 aliphatic rings. The quantitative estimate of drug-likeness (QED) is 0.668. The van der Waals surface area contributed by atoms with Gasteiger partial charge in [0.25, 0.3) is 5.79 Å². The molecule has 4 rings (SSSR count). The van der Waals surface area contributed by atoms with Crippen molar-refractivity contribution in [2.24, 2.45) is 0 Å². The van der Waals surface area contributed by atoms with Crippen LogP contribution < -0.4 is 20.1 Å². The molecule has 2 N–H and O–H groups in total. The number of benzene rings is 1. The van der Waals surface area contributed by atoms with Crippen molar-refractivity contribution in [1.82, 2.24) is 10.2 Å². The highest BCUT2D eigenvalue weighted by atomic mass is 32.1. The number of nitrogens with one attached hydrogen (secondary N) is 2. The first-order valence-electron chi connectivity index (χ1n) is 10.5. The van der Waals surface area contributed by atoms with Gasteiger partial charge in [-0.05, 0) is 60.5 Å². The van der Waals surface area contributed by atoms with E-state index in [2.05, 4.69) is 46.2 Å². The van der Waals surface area contributed by atoms with Gasteiger partial charge in [0, 0.05) is 31.1 Å². The summed E-state index contributed by atoms with van der Waals surface area (Å²) in [6.45, 7) is 6.71. The van der Waals surface area contributed by atoms with E-state index < -0.39 is 5.79 Å². The maximum Gasteiger partial charge on any atom is 0.319 e. The maximum atomic E-state index is 12.5. The highest BCUT2D eigenvalue weighted by Gasteiger charge is 2.44. The fourth-order valence-corrected chi connectivity index (χ4v) is 4.95. The van der Waals surface area contributed by atoms with E-state index in [1.165, 1.54) is 5.56 Å². The fourth-order valence-electron chi connectivity index (χ4n) is 4.24. The third-order valence-electron chi connectivity index (χ3n) is 5.80. The molecular formula is C22H29N3O3S. The van der Waals surface area contributed by atoms with Gasteiger partial charge in [-0.25, -0.2) is 4.79 Å². The minimum absolute atomic E-state index is 0.168.